The van der Waals surface area contributed by atoms with E-state index in [2.05, 4.69) is 24.5 Å². The van der Waals surface area contributed by atoms with Crippen molar-refractivity contribution in [3.63, 3.8) is 0 Å². The summed E-state index contributed by atoms with van der Waals surface area (Å²) in [6.45, 7) is 4.33. The second-order valence-corrected chi connectivity index (χ2v) is 5.87. The Morgan fingerprint density at radius 2 is 1.79 bits per heavy atom. The molecular formula is C19H24N2O3. The fourth-order valence-corrected chi connectivity index (χ4v) is 2.37. The molecule has 0 bridgehead atoms. The van der Waals surface area contributed by atoms with Crippen molar-refractivity contribution in [1.29, 1.82) is 0 Å². The Morgan fingerprint density at radius 1 is 1.12 bits per heavy atom. The zero-order valence-corrected chi connectivity index (χ0v) is 14.2. The average molecular weight is 328 g/mol. The molecule has 0 aliphatic rings. The van der Waals surface area contributed by atoms with Gasteiger partial charge in [-0.1, -0.05) is 44.2 Å². The molecule has 2 rings (SSSR count). The summed E-state index contributed by atoms with van der Waals surface area (Å²) in [5, 5.41) is 15.6. The summed E-state index contributed by atoms with van der Waals surface area (Å²) in [4.78, 5) is 12.0. The van der Waals surface area contributed by atoms with Gasteiger partial charge in [-0.15, -0.1) is 0 Å². The molecule has 2 aromatic carbocycles. The van der Waals surface area contributed by atoms with Crippen molar-refractivity contribution in [3.8, 4) is 5.75 Å². The summed E-state index contributed by atoms with van der Waals surface area (Å²) in [5.41, 5.74) is 2.57. The van der Waals surface area contributed by atoms with Crippen molar-refractivity contribution in [2.75, 3.05) is 19.0 Å². The average Bonchev–Trinajstić information content (AvgIpc) is 2.60. The van der Waals surface area contributed by atoms with E-state index in [1.165, 1.54) is 5.56 Å². The van der Waals surface area contributed by atoms with Gasteiger partial charge in [0.25, 0.3) is 0 Å². The minimum atomic E-state index is -0.838. The highest BCUT2D eigenvalue weighted by Crippen LogP contribution is 2.24. The molecule has 0 aliphatic carbocycles. The molecule has 5 heteroatoms. The number of hydrogen-bond donors (Lipinski definition) is 3. The number of aliphatic hydroxyl groups excluding tert-OH is 1. The van der Waals surface area contributed by atoms with E-state index in [4.69, 9.17) is 4.74 Å². The molecule has 0 aliphatic heterocycles. The largest absolute Gasteiger partial charge is 0.496 e. The Morgan fingerprint density at radius 3 is 2.42 bits per heavy atom. The van der Waals surface area contributed by atoms with Crippen LogP contribution in [0.4, 0.5) is 10.5 Å². The number of hydrogen-bond acceptors (Lipinski definition) is 3. The van der Waals surface area contributed by atoms with Gasteiger partial charge in [0.05, 0.1) is 13.2 Å². The van der Waals surface area contributed by atoms with Crippen LogP contribution in [0.15, 0.2) is 48.5 Å². The summed E-state index contributed by atoms with van der Waals surface area (Å²) >= 11 is 0. The Balaban J connectivity index is 1.88. The predicted octanol–water partition coefficient (Wildman–Crippen LogP) is 3.67. The van der Waals surface area contributed by atoms with Gasteiger partial charge in [0.2, 0.25) is 0 Å². The van der Waals surface area contributed by atoms with Crippen molar-refractivity contribution in [2.45, 2.75) is 25.9 Å². The maximum atomic E-state index is 12.0. The van der Waals surface area contributed by atoms with Gasteiger partial charge in [0.15, 0.2) is 0 Å². The number of carbonyl (C=O) groups excluding carboxylic acids is 1. The summed E-state index contributed by atoms with van der Waals surface area (Å²) in [5.74, 6) is 1.04. The van der Waals surface area contributed by atoms with E-state index in [-0.39, 0.29) is 12.6 Å². The molecule has 0 saturated heterocycles. The van der Waals surface area contributed by atoms with Crippen LogP contribution in [0, 0.1) is 0 Å². The standard InChI is InChI=1S/C19H24N2O3/c1-13(2)14-8-10-15(11-9-14)21-19(23)20-12-17(22)16-6-4-5-7-18(16)24-3/h4-11,13,17,22H,12H2,1-3H3,(H2,20,21,23). The topological polar surface area (TPSA) is 70.6 Å². The Bertz CT molecular complexity index is 669. The fraction of sp³-hybridized carbons (Fsp3) is 0.316. The molecule has 1 atom stereocenters. The van der Waals surface area contributed by atoms with Crippen LogP contribution in [0.2, 0.25) is 0 Å². The van der Waals surface area contributed by atoms with Gasteiger partial charge in [-0.05, 0) is 29.7 Å². The quantitative estimate of drug-likeness (QED) is 0.757. The maximum absolute atomic E-state index is 12.0. The number of ether oxygens (including phenoxy) is 1. The molecule has 0 spiro atoms. The van der Waals surface area contributed by atoms with Gasteiger partial charge in [-0.25, -0.2) is 4.79 Å². The van der Waals surface area contributed by atoms with Crippen LogP contribution in [0.1, 0.15) is 37.0 Å². The summed E-state index contributed by atoms with van der Waals surface area (Å²) in [6, 6.07) is 14.5. The number of benzene rings is 2. The molecule has 5 nitrogen and oxygen atoms in total. The van der Waals surface area contributed by atoms with Crippen molar-refractivity contribution in [3.05, 3.63) is 59.7 Å². The van der Waals surface area contributed by atoms with E-state index in [1.807, 2.05) is 36.4 Å². The summed E-state index contributed by atoms with van der Waals surface area (Å²) < 4.78 is 5.21. The minimum absolute atomic E-state index is 0.0935. The van der Waals surface area contributed by atoms with Gasteiger partial charge in [0.1, 0.15) is 5.75 Å². The van der Waals surface area contributed by atoms with Gasteiger partial charge >= 0.3 is 6.03 Å². The van der Waals surface area contributed by atoms with Gasteiger partial charge < -0.3 is 20.5 Å². The van der Waals surface area contributed by atoms with Gasteiger partial charge in [-0.3, -0.25) is 0 Å². The summed E-state index contributed by atoms with van der Waals surface area (Å²) in [7, 11) is 1.55. The number of rotatable bonds is 6. The first-order chi connectivity index (χ1) is 11.5. The molecule has 1 unspecified atom stereocenters. The minimum Gasteiger partial charge on any atom is -0.496 e. The Labute approximate surface area is 142 Å². The number of aliphatic hydroxyl groups is 1. The lowest BCUT2D eigenvalue weighted by molar-refractivity contribution is 0.171. The predicted molar refractivity (Wildman–Crippen MR) is 95.5 cm³/mol. The van der Waals surface area contributed by atoms with E-state index in [0.29, 0.717) is 22.9 Å². The van der Waals surface area contributed by atoms with Gasteiger partial charge in [-0.2, -0.15) is 0 Å². The highest BCUT2D eigenvalue weighted by atomic mass is 16.5. The lowest BCUT2D eigenvalue weighted by Gasteiger charge is -2.16. The zero-order valence-electron chi connectivity index (χ0n) is 14.2. The van der Waals surface area contributed by atoms with Crippen LogP contribution in [0.25, 0.3) is 0 Å². The number of anilines is 1. The first kappa shape index (κ1) is 17.8. The number of amides is 2. The Hall–Kier alpha value is -2.53. The van der Waals surface area contributed by atoms with Crippen LogP contribution < -0.4 is 15.4 Å². The fourth-order valence-electron chi connectivity index (χ4n) is 2.37. The molecule has 0 saturated carbocycles. The molecule has 0 radical (unpaired) electrons. The van der Waals surface area contributed by atoms with Crippen molar-refractivity contribution < 1.29 is 14.6 Å². The second kappa shape index (κ2) is 8.36. The molecule has 0 aromatic heterocycles. The monoisotopic (exact) mass is 328 g/mol. The first-order valence-electron chi connectivity index (χ1n) is 7.97. The third-order valence-electron chi connectivity index (χ3n) is 3.79. The smallest absolute Gasteiger partial charge is 0.319 e. The lowest BCUT2D eigenvalue weighted by Crippen LogP contribution is -2.32. The molecule has 128 valence electrons. The summed E-state index contributed by atoms with van der Waals surface area (Å²) in [6.07, 6.45) is -0.838. The van der Waals surface area contributed by atoms with E-state index in [1.54, 1.807) is 19.2 Å². The van der Waals surface area contributed by atoms with E-state index in [0.717, 1.165) is 0 Å². The third-order valence-corrected chi connectivity index (χ3v) is 3.79. The zero-order chi connectivity index (χ0) is 17.5. The maximum Gasteiger partial charge on any atom is 0.319 e. The molecule has 2 amide bonds. The SMILES string of the molecule is COc1ccccc1C(O)CNC(=O)Nc1ccc(C(C)C)cc1. The van der Waals surface area contributed by atoms with Crippen LogP contribution in [-0.4, -0.2) is 24.8 Å². The second-order valence-electron chi connectivity index (χ2n) is 5.87. The Kier molecular flexibility index (Phi) is 6.21. The van der Waals surface area contributed by atoms with Crippen LogP contribution in [0.3, 0.4) is 0 Å². The van der Waals surface area contributed by atoms with E-state index >= 15 is 0 Å². The first-order valence-corrected chi connectivity index (χ1v) is 7.97. The molecule has 0 fully saturated rings. The number of methoxy groups -OCH3 is 1. The van der Waals surface area contributed by atoms with Crippen molar-refractivity contribution >= 4 is 11.7 Å². The molecule has 24 heavy (non-hydrogen) atoms. The number of para-hydroxylation sites is 1. The van der Waals surface area contributed by atoms with E-state index in [9.17, 15) is 9.90 Å². The highest BCUT2D eigenvalue weighted by molar-refractivity contribution is 5.89. The van der Waals surface area contributed by atoms with Crippen molar-refractivity contribution in [2.24, 2.45) is 0 Å². The van der Waals surface area contributed by atoms with E-state index < -0.39 is 6.10 Å². The molecule has 2 aromatic rings. The lowest BCUT2D eigenvalue weighted by atomic mass is 10.0. The molecular weight excluding hydrogens is 304 g/mol. The van der Waals surface area contributed by atoms with Crippen LogP contribution in [-0.2, 0) is 0 Å². The molecule has 3 N–H and O–H groups in total. The highest BCUT2D eigenvalue weighted by Gasteiger charge is 2.13. The van der Waals surface area contributed by atoms with Crippen LogP contribution in [0.5, 0.6) is 5.75 Å². The number of carbonyl (C=O) groups is 1. The van der Waals surface area contributed by atoms with Crippen LogP contribution >= 0.6 is 0 Å². The normalized spacial score (nSPS) is 11.9. The molecule has 0 heterocycles. The number of nitrogens with one attached hydrogen (secondary N) is 2. The van der Waals surface area contributed by atoms with Gasteiger partial charge in [0, 0.05) is 17.8 Å². The number of urea groups is 1. The van der Waals surface area contributed by atoms with Crippen molar-refractivity contribution in [1.82, 2.24) is 5.32 Å². The third kappa shape index (κ3) is 4.73.